The SMILES string of the molecule is CC1CCc2cc(Cl)ccc2N1C1CCN(C(=O)OC(C)(C)C)C1. The summed E-state index contributed by atoms with van der Waals surface area (Å²) in [5.41, 5.74) is 2.14. The normalized spacial score (nSPS) is 24.0. The molecule has 0 N–H and O–H groups in total. The van der Waals surface area contributed by atoms with Crippen LogP contribution in [0.15, 0.2) is 18.2 Å². The van der Waals surface area contributed by atoms with Gasteiger partial charge in [-0.05, 0) is 70.7 Å². The largest absolute Gasteiger partial charge is 0.444 e. The monoisotopic (exact) mass is 350 g/mol. The molecule has 2 atom stereocenters. The lowest BCUT2D eigenvalue weighted by Gasteiger charge is -2.41. The minimum Gasteiger partial charge on any atom is -0.444 e. The maximum Gasteiger partial charge on any atom is 0.410 e. The first-order chi connectivity index (χ1) is 11.2. The van der Waals surface area contributed by atoms with Gasteiger partial charge in [-0.25, -0.2) is 4.79 Å². The molecular weight excluding hydrogens is 324 g/mol. The van der Waals surface area contributed by atoms with Crippen LogP contribution in [0.3, 0.4) is 0 Å². The molecule has 0 bridgehead atoms. The first kappa shape index (κ1) is 17.4. The number of hydrogen-bond donors (Lipinski definition) is 0. The van der Waals surface area contributed by atoms with E-state index in [9.17, 15) is 4.79 Å². The number of nitrogens with zero attached hydrogens (tertiary/aromatic N) is 2. The molecule has 2 aliphatic heterocycles. The fourth-order valence-corrected chi connectivity index (χ4v) is 3.96. The molecule has 24 heavy (non-hydrogen) atoms. The molecular formula is C19H27ClN2O2. The van der Waals surface area contributed by atoms with Crippen LogP contribution in [0.25, 0.3) is 0 Å². The first-order valence-corrected chi connectivity index (χ1v) is 9.17. The maximum atomic E-state index is 12.3. The molecule has 1 amide bonds. The highest BCUT2D eigenvalue weighted by Gasteiger charge is 2.36. The highest BCUT2D eigenvalue weighted by Crippen LogP contribution is 2.36. The number of halogens is 1. The number of carbonyl (C=O) groups excluding carboxylic acids is 1. The summed E-state index contributed by atoms with van der Waals surface area (Å²) in [7, 11) is 0. The number of likely N-dealkylation sites (tertiary alicyclic amines) is 1. The summed E-state index contributed by atoms with van der Waals surface area (Å²) in [5.74, 6) is 0. The topological polar surface area (TPSA) is 32.8 Å². The van der Waals surface area contributed by atoms with Crippen molar-refractivity contribution in [2.75, 3.05) is 18.0 Å². The number of carbonyl (C=O) groups is 1. The summed E-state index contributed by atoms with van der Waals surface area (Å²) < 4.78 is 5.52. The van der Waals surface area contributed by atoms with Crippen LogP contribution in [-0.2, 0) is 11.2 Å². The Morgan fingerprint density at radius 3 is 2.75 bits per heavy atom. The predicted octanol–water partition coefficient (Wildman–Crippen LogP) is 4.49. The molecule has 0 radical (unpaired) electrons. The smallest absolute Gasteiger partial charge is 0.410 e. The number of aryl methyl sites for hydroxylation is 1. The van der Waals surface area contributed by atoms with Gasteiger partial charge in [0.1, 0.15) is 5.60 Å². The molecule has 4 nitrogen and oxygen atoms in total. The molecule has 132 valence electrons. The van der Waals surface area contributed by atoms with Gasteiger partial charge in [0.15, 0.2) is 0 Å². The van der Waals surface area contributed by atoms with Gasteiger partial charge in [0.05, 0.1) is 0 Å². The number of hydrogen-bond acceptors (Lipinski definition) is 3. The second-order valence-corrected chi connectivity index (χ2v) is 8.37. The van der Waals surface area contributed by atoms with E-state index in [1.165, 1.54) is 11.3 Å². The van der Waals surface area contributed by atoms with E-state index in [1.807, 2.05) is 31.7 Å². The average Bonchev–Trinajstić information content (AvgIpc) is 2.95. The number of anilines is 1. The van der Waals surface area contributed by atoms with Crippen LogP contribution in [0.2, 0.25) is 5.02 Å². The summed E-state index contributed by atoms with van der Waals surface area (Å²) in [4.78, 5) is 16.7. The average molecular weight is 351 g/mol. The zero-order valence-electron chi connectivity index (χ0n) is 15.0. The summed E-state index contributed by atoms with van der Waals surface area (Å²) in [6.07, 6.45) is 2.96. The fourth-order valence-electron chi connectivity index (χ4n) is 3.76. The quantitative estimate of drug-likeness (QED) is 0.748. The van der Waals surface area contributed by atoms with Crippen molar-refractivity contribution >= 4 is 23.4 Å². The Morgan fingerprint density at radius 2 is 2.04 bits per heavy atom. The van der Waals surface area contributed by atoms with Crippen LogP contribution in [0.4, 0.5) is 10.5 Å². The Kier molecular flexibility index (Phi) is 4.69. The molecule has 2 aliphatic rings. The van der Waals surface area contributed by atoms with E-state index in [2.05, 4.69) is 24.0 Å². The zero-order valence-corrected chi connectivity index (χ0v) is 15.8. The molecule has 1 aromatic rings. The second kappa shape index (κ2) is 6.47. The molecule has 2 heterocycles. The van der Waals surface area contributed by atoms with Crippen molar-refractivity contribution in [3.05, 3.63) is 28.8 Å². The molecule has 0 spiro atoms. The number of amides is 1. The summed E-state index contributed by atoms with van der Waals surface area (Å²) in [6.45, 7) is 9.47. The van der Waals surface area contributed by atoms with Crippen LogP contribution < -0.4 is 4.90 Å². The van der Waals surface area contributed by atoms with Crippen LogP contribution in [0.1, 0.15) is 46.1 Å². The van der Waals surface area contributed by atoms with E-state index >= 15 is 0 Å². The van der Waals surface area contributed by atoms with Gasteiger partial charge in [-0.1, -0.05) is 11.6 Å². The highest BCUT2D eigenvalue weighted by atomic mass is 35.5. The Balaban J connectivity index is 1.75. The molecule has 3 rings (SSSR count). The molecule has 5 heteroatoms. The maximum absolute atomic E-state index is 12.3. The van der Waals surface area contributed by atoms with Crippen molar-refractivity contribution in [1.82, 2.24) is 4.90 Å². The minimum absolute atomic E-state index is 0.203. The van der Waals surface area contributed by atoms with Gasteiger partial charge in [0, 0.05) is 35.9 Å². The van der Waals surface area contributed by atoms with Crippen LogP contribution in [0, 0.1) is 0 Å². The molecule has 1 saturated heterocycles. The molecule has 0 aliphatic carbocycles. The van der Waals surface area contributed by atoms with Crippen molar-refractivity contribution in [1.29, 1.82) is 0 Å². The fraction of sp³-hybridized carbons (Fsp3) is 0.632. The lowest BCUT2D eigenvalue weighted by atomic mass is 9.94. The first-order valence-electron chi connectivity index (χ1n) is 8.79. The number of benzene rings is 1. The predicted molar refractivity (Wildman–Crippen MR) is 97.9 cm³/mol. The van der Waals surface area contributed by atoms with Gasteiger partial charge in [-0.15, -0.1) is 0 Å². The van der Waals surface area contributed by atoms with Crippen molar-refractivity contribution in [3.8, 4) is 0 Å². The van der Waals surface area contributed by atoms with Gasteiger partial charge < -0.3 is 14.5 Å². The number of rotatable bonds is 1. The summed E-state index contributed by atoms with van der Waals surface area (Å²) >= 11 is 6.16. The van der Waals surface area contributed by atoms with Crippen molar-refractivity contribution < 1.29 is 9.53 Å². The third kappa shape index (κ3) is 3.64. The van der Waals surface area contributed by atoms with E-state index < -0.39 is 5.60 Å². The Bertz CT molecular complexity index is 626. The standard InChI is InChI=1S/C19H27ClN2O2/c1-13-5-6-14-11-15(20)7-8-17(14)22(13)16-9-10-21(12-16)18(23)24-19(2,3)4/h7-8,11,13,16H,5-6,9-10,12H2,1-4H3. The van der Waals surface area contributed by atoms with Crippen LogP contribution in [-0.4, -0.2) is 41.8 Å². The molecule has 0 aromatic heterocycles. The lowest BCUT2D eigenvalue weighted by molar-refractivity contribution is 0.0292. The van der Waals surface area contributed by atoms with Gasteiger partial charge in [-0.3, -0.25) is 0 Å². The van der Waals surface area contributed by atoms with Gasteiger partial charge in [-0.2, -0.15) is 0 Å². The lowest BCUT2D eigenvalue weighted by Crippen LogP contribution is -2.47. The third-order valence-electron chi connectivity index (χ3n) is 4.83. The van der Waals surface area contributed by atoms with Crippen LogP contribution in [0.5, 0.6) is 0 Å². The molecule has 1 aromatic carbocycles. The zero-order chi connectivity index (χ0) is 17.5. The summed E-state index contributed by atoms with van der Waals surface area (Å²) in [6, 6.07) is 6.99. The third-order valence-corrected chi connectivity index (χ3v) is 5.07. The molecule has 2 unspecified atom stereocenters. The number of ether oxygens (including phenoxy) is 1. The van der Waals surface area contributed by atoms with E-state index in [-0.39, 0.29) is 6.09 Å². The van der Waals surface area contributed by atoms with E-state index in [4.69, 9.17) is 16.3 Å². The van der Waals surface area contributed by atoms with Gasteiger partial charge in [0.25, 0.3) is 0 Å². The summed E-state index contributed by atoms with van der Waals surface area (Å²) in [5, 5.41) is 0.796. The van der Waals surface area contributed by atoms with E-state index in [1.54, 1.807) is 0 Å². The van der Waals surface area contributed by atoms with E-state index in [0.717, 1.165) is 37.4 Å². The molecule has 0 saturated carbocycles. The van der Waals surface area contributed by atoms with Crippen molar-refractivity contribution in [2.24, 2.45) is 0 Å². The second-order valence-electron chi connectivity index (χ2n) is 7.94. The minimum atomic E-state index is -0.447. The molecule has 1 fully saturated rings. The van der Waals surface area contributed by atoms with E-state index in [0.29, 0.717) is 12.1 Å². The Labute approximate surface area is 149 Å². The van der Waals surface area contributed by atoms with Crippen molar-refractivity contribution in [3.63, 3.8) is 0 Å². The van der Waals surface area contributed by atoms with Gasteiger partial charge >= 0.3 is 6.09 Å². The van der Waals surface area contributed by atoms with Gasteiger partial charge in [0.2, 0.25) is 0 Å². The van der Waals surface area contributed by atoms with Crippen LogP contribution >= 0.6 is 11.6 Å². The Hall–Kier alpha value is -1.42. The highest BCUT2D eigenvalue weighted by molar-refractivity contribution is 6.30. The number of fused-ring (bicyclic) bond motifs is 1. The van der Waals surface area contributed by atoms with Crippen molar-refractivity contribution in [2.45, 2.75) is 64.6 Å². The Morgan fingerprint density at radius 1 is 1.29 bits per heavy atom.